The Labute approximate surface area is 87.7 Å². The number of rotatable bonds is 2. The quantitative estimate of drug-likeness (QED) is 0.677. The van der Waals surface area contributed by atoms with Crippen molar-refractivity contribution in [3.05, 3.63) is 0 Å². The van der Waals surface area contributed by atoms with Gasteiger partial charge in [-0.15, -0.1) is 0 Å². The van der Waals surface area contributed by atoms with Gasteiger partial charge in [0.25, 0.3) is 0 Å². The summed E-state index contributed by atoms with van der Waals surface area (Å²) in [6.07, 6.45) is 2.27. The van der Waals surface area contributed by atoms with E-state index in [1.54, 1.807) is 0 Å². The Bertz CT molecular complexity index is 205. The lowest BCUT2D eigenvalue weighted by Gasteiger charge is -2.34. The van der Waals surface area contributed by atoms with Crippen molar-refractivity contribution in [1.29, 1.82) is 0 Å². The van der Waals surface area contributed by atoms with E-state index in [0.717, 1.165) is 19.5 Å². The fraction of sp³-hybridized carbons (Fsp3) is 0.917. The van der Waals surface area contributed by atoms with Gasteiger partial charge in [-0.2, -0.15) is 0 Å². The van der Waals surface area contributed by atoms with Crippen molar-refractivity contribution in [2.45, 2.75) is 40.5 Å². The van der Waals surface area contributed by atoms with E-state index in [1.165, 1.54) is 13.0 Å². The Hall–Kier alpha value is -0.370. The largest absolute Gasteiger partial charge is 0.303 e. The van der Waals surface area contributed by atoms with Crippen LogP contribution in [-0.2, 0) is 4.79 Å². The van der Waals surface area contributed by atoms with Crippen LogP contribution in [0.2, 0.25) is 0 Å². The lowest BCUT2D eigenvalue weighted by molar-refractivity contribution is -0.132. The topological polar surface area (TPSA) is 20.3 Å². The summed E-state index contributed by atoms with van der Waals surface area (Å²) in [5.41, 5.74) is -0.165. The molecule has 0 aromatic heterocycles. The first kappa shape index (κ1) is 11.7. The minimum absolute atomic E-state index is 0.165. The number of carbonyl (C=O) groups excluding carboxylic acids is 1. The highest BCUT2D eigenvalue weighted by atomic mass is 16.1. The lowest BCUT2D eigenvalue weighted by Crippen LogP contribution is -2.41. The van der Waals surface area contributed by atoms with Gasteiger partial charge in [0.15, 0.2) is 0 Å². The van der Waals surface area contributed by atoms with E-state index in [2.05, 4.69) is 11.8 Å². The summed E-state index contributed by atoms with van der Waals surface area (Å²) in [5.74, 6) is 0.722. The summed E-state index contributed by atoms with van der Waals surface area (Å²) < 4.78 is 0. The molecule has 1 aliphatic rings. The first-order chi connectivity index (χ1) is 6.45. The molecule has 1 aliphatic heterocycles. The molecule has 14 heavy (non-hydrogen) atoms. The van der Waals surface area contributed by atoms with Gasteiger partial charge in [0.05, 0.1) is 0 Å². The van der Waals surface area contributed by atoms with E-state index >= 15 is 0 Å². The van der Waals surface area contributed by atoms with Gasteiger partial charge < -0.3 is 4.90 Å². The van der Waals surface area contributed by atoms with E-state index in [1.807, 2.05) is 20.8 Å². The van der Waals surface area contributed by atoms with Crippen LogP contribution in [0.1, 0.15) is 40.5 Å². The Morgan fingerprint density at radius 2 is 2.07 bits per heavy atom. The number of carbonyl (C=O) groups is 1. The van der Waals surface area contributed by atoms with Crippen LogP contribution in [0.15, 0.2) is 0 Å². The molecule has 1 rings (SSSR count). The molecule has 1 saturated heterocycles. The molecule has 0 radical (unpaired) electrons. The fourth-order valence-corrected chi connectivity index (χ4v) is 2.17. The smallest absolute Gasteiger partial charge is 0.142 e. The highest BCUT2D eigenvalue weighted by Crippen LogP contribution is 2.26. The van der Waals surface area contributed by atoms with Crippen LogP contribution in [0.5, 0.6) is 0 Å². The zero-order valence-corrected chi connectivity index (χ0v) is 9.97. The third-order valence-electron chi connectivity index (χ3n) is 3.06. The van der Waals surface area contributed by atoms with Crippen molar-refractivity contribution < 1.29 is 4.79 Å². The van der Waals surface area contributed by atoms with E-state index in [0.29, 0.717) is 5.78 Å². The third kappa shape index (κ3) is 2.81. The highest BCUT2D eigenvalue weighted by Gasteiger charge is 2.32. The van der Waals surface area contributed by atoms with Crippen LogP contribution in [0.4, 0.5) is 0 Å². The summed E-state index contributed by atoms with van der Waals surface area (Å²) in [7, 11) is 0. The molecule has 0 N–H and O–H groups in total. The fourth-order valence-electron chi connectivity index (χ4n) is 2.17. The molecule has 0 aromatic rings. The molecular weight excluding hydrogens is 174 g/mol. The van der Waals surface area contributed by atoms with E-state index in [-0.39, 0.29) is 11.3 Å². The van der Waals surface area contributed by atoms with Crippen LogP contribution in [-0.4, -0.2) is 30.3 Å². The predicted molar refractivity (Wildman–Crippen MR) is 59.3 cm³/mol. The molecule has 2 nitrogen and oxygen atoms in total. The van der Waals surface area contributed by atoms with E-state index in [4.69, 9.17) is 0 Å². The number of likely N-dealkylation sites (tertiary alicyclic amines) is 1. The molecule has 1 atom stereocenters. The molecule has 0 aromatic carbocycles. The normalized spacial score (nSPS) is 25.0. The van der Waals surface area contributed by atoms with Crippen LogP contribution < -0.4 is 0 Å². The Morgan fingerprint density at radius 1 is 1.43 bits per heavy atom. The van der Waals surface area contributed by atoms with Crippen LogP contribution in [0.3, 0.4) is 0 Å². The Kier molecular flexibility index (Phi) is 3.71. The van der Waals surface area contributed by atoms with Gasteiger partial charge in [-0.1, -0.05) is 27.7 Å². The molecule has 0 amide bonds. The van der Waals surface area contributed by atoms with Gasteiger partial charge in [-0.3, -0.25) is 4.79 Å². The van der Waals surface area contributed by atoms with Crippen LogP contribution in [0, 0.1) is 11.3 Å². The molecular formula is C12H23NO. The maximum absolute atomic E-state index is 12.1. The van der Waals surface area contributed by atoms with Crippen molar-refractivity contribution in [1.82, 2.24) is 4.90 Å². The van der Waals surface area contributed by atoms with Gasteiger partial charge in [-0.05, 0) is 25.9 Å². The van der Waals surface area contributed by atoms with Gasteiger partial charge in [0.1, 0.15) is 5.78 Å². The van der Waals surface area contributed by atoms with Gasteiger partial charge in [0.2, 0.25) is 0 Å². The van der Waals surface area contributed by atoms with Gasteiger partial charge >= 0.3 is 0 Å². The molecule has 82 valence electrons. The number of hydrogen-bond donors (Lipinski definition) is 0. The minimum atomic E-state index is -0.165. The molecule has 1 unspecified atom stereocenters. The monoisotopic (exact) mass is 197 g/mol. The van der Waals surface area contributed by atoms with Crippen molar-refractivity contribution in [3.63, 3.8) is 0 Å². The van der Waals surface area contributed by atoms with Gasteiger partial charge in [-0.25, -0.2) is 0 Å². The summed E-state index contributed by atoms with van der Waals surface area (Å²) in [6, 6.07) is 0. The molecule has 2 heteroatoms. The Morgan fingerprint density at radius 3 is 2.57 bits per heavy atom. The van der Waals surface area contributed by atoms with Crippen molar-refractivity contribution in [2.75, 3.05) is 19.6 Å². The number of ketones is 1. The average molecular weight is 197 g/mol. The van der Waals surface area contributed by atoms with E-state index < -0.39 is 0 Å². The second-order valence-corrected chi connectivity index (χ2v) is 5.35. The summed E-state index contributed by atoms with van der Waals surface area (Å²) in [6.45, 7) is 11.5. The zero-order chi connectivity index (χ0) is 10.8. The molecule has 0 bridgehead atoms. The predicted octanol–water partition coefficient (Wildman–Crippen LogP) is 2.33. The highest BCUT2D eigenvalue weighted by molar-refractivity contribution is 5.86. The second-order valence-electron chi connectivity index (χ2n) is 5.35. The average Bonchev–Trinajstić information content (AvgIpc) is 2.15. The molecule has 1 heterocycles. The summed E-state index contributed by atoms with van der Waals surface area (Å²) in [5, 5.41) is 0. The maximum atomic E-state index is 12.1. The molecule has 1 fully saturated rings. The van der Waals surface area contributed by atoms with E-state index in [9.17, 15) is 4.79 Å². The second kappa shape index (κ2) is 4.43. The summed E-state index contributed by atoms with van der Waals surface area (Å²) in [4.78, 5) is 14.4. The number of Topliss-reactive ketones (excluding diaryl/α,β-unsaturated/α-hetero) is 1. The standard InChI is InChI=1S/C12H23NO/c1-5-13-8-6-7-10(9-13)11(14)12(2,3)4/h10H,5-9H2,1-4H3. The number of piperidine rings is 1. The molecule has 0 saturated carbocycles. The first-order valence-corrected chi connectivity index (χ1v) is 5.72. The van der Waals surface area contributed by atoms with Crippen molar-refractivity contribution in [2.24, 2.45) is 11.3 Å². The third-order valence-corrected chi connectivity index (χ3v) is 3.06. The van der Waals surface area contributed by atoms with Gasteiger partial charge in [0, 0.05) is 17.9 Å². The SMILES string of the molecule is CCN1CCCC(C(=O)C(C)(C)C)C1. The number of hydrogen-bond acceptors (Lipinski definition) is 2. The van der Waals surface area contributed by atoms with Crippen LogP contribution in [0.25, 0.3) is 0 Å². The van der Waals surface area contributed by atoms with Crippen molar-refractivity contribution in [3.8, 4) is 0 Å². The zero-order valence-electron chi connectivity index (χ0n) is 9.97. The summed E-state index contributed by atoms with van der Waals surface area (Å²) >= 11 is 0. The van der Waals surface area contributed by atoms with Crippen molar-refractivity contribution >= 4 is 5.78 Å². The lowest BCUT2D eigenvalue weighted by atomic mass is 9.79. The first-order valence-electron chi connectivity index (χ1n) is 5.72. The molecule has 0 spiro atoms. The molecule has 0 aliphatic carbocycles. The number of nitrogens with zero attached hydrogens (tertiary/aromatic N) is 1. The Balaban J connectivity index is 2.56. The maximum Gasteiger partial charge on any atom is 0.142 e. The van der Waals surface area contributed by atoms with Crippen LogP contribution >= 0.6 is 0 Å². The minimum Gasteiger partial charge on any atom is -0.303 e.